The largest absolute Gasteiger partial charge is 0.394 e. The Morgan fingerprint density at radius 2 is 2.25 bits per heavy atom. The molecule has 2 aliphatic rings. The first kappa shape index (κ1) is 12.1. The predicted octanol–water partition coefficient (Wildman–Crippen LogP) is 1.41. The van der Waals surface area contributed by atoms with Crippen LogP contribution in [0.3, 0.4) is 0 Å². The van der Waals surface area contributed by atoms with Gasteiger partial charge in [0.25, 0.3) is 0 Å². The van der Waals surface area contributed by atoms with Crippen LogP contribution in [0.25, 0.3) is 0 Å². The van der Waals surface area contributed by atoms with E-state index in [1.807, 2.05) is 6.92 Å². The van der Waals surface area contributed by atoms with Crippen LogP contribution >= 0.6 is 12.2 Å². The lowest BCUT2D eigenvalue weighted by Gasteiger charge is -2.26. The van der Waals surface area contributed by atoms with Gasteiger partial charge in [-0.3, -0.25) is 0 Å². The number of hydrogen-bond donors (Lipinski definition) is 3. The number of aliphatic hydroxyl groups excluding tert-OH is 1. The van der Waals surface area contributed by atoms with Crippen molar-refractivity contribution in [2.45, 2.75) is 51.1 Å². The van der Waals surface area contributed by atoms with Gasteiger partial charge >= 0.3 is 0 Å². The highest BCUT2D eigenvalue weighted by atomic mass is 32.1. The van der Waals surface area contributed by atoms with E-state index in [-0.39, 0.29) is 12.6 Å². The molecule has 3 nitrogen and oxygen atoms in total. The highest BCUT2D eigenvalue weighted by Gasteiger charge is 2.39. The van der Waals surface area contributed by atoms with E-state index < -0.39 is 0 Å². The molecule has 0 heterocycles. The second-order valence-electron chi connectivity index (χ2n) is 5.19. The summed E-state index contributed by atoms with van der Waals surface area (Å²) in [6.07, 6.45) is 6.34. The summed E-state index contributed by atoms with van der Waals surface area (Å²) in [5.74, 6) is 1.77. The average Bonchev–Trinajstić information content (AvgIpc) is 2.87. The fourth-order valence-electron chi connectivity index (χ4n) is 3.09. The molecule has 0 aromatic rings. The Balaban J connectivity index is 1.75. The van der Waals surface area contributed by atoms with Crippen molar-refractivity contribution in [1.29, 1.82) is 0 Å². The molecule has 16 heavy (non-hydrogen) atoms. The molecule has 0 saturated heterocycles. The fourth-order valence-corrected chi connectivity index (χ4v) is 3.41. The summed E-state index contributed by atoms with van der Waals surface area (Å²) in [6.45, 7) is 2.20. The van der Waals surface area contributed by atoms with Gasteiger partial charge in [0.1, 0.15) is 0 Å². The summed E-state index contributed by atoms with van der Waals surface area (Å²) in [4.78, 5) is 0. The van der Waals surface area contributed by atoms with Crippen LogP contribution in [-0.4, -0.2) is 28.9 Å². The van der Waals surface area contributed by atoms with Gasteiger partial charge in [-0.1, -0.05) is 13.3 Å². The van der Waals surface area contributed by atoms with Crippen LogP contribution in [0.5, 0.6) is 0 Å². The van der Waals surface area contributed by atoms with E-state index in [0.29, 0.717) is 6.04 Å². The van der Waals surface area contributed by atoms with Crippen LogP contribution in [0.4, 0.5) is 0 Å². The summed E-state index contributed by atoms with van der Waals surface area (Å²) in [5.41, 5.74) is 0. The van der Waals surface area contributed by atoms with Crippen molar-refractivity contribution in [2.75, 3.05) is 6.61 Å². The Hall–Kier alpha value is -0.350. The number of rotatable bonds is 4. The number of aliphatic hydroxyl groups is 1. The average molecular weight is 242 g/mol. The second kappa shape index (κ2) is 5.32. The molecule has 2 fully saturated rings. The molecule has 0 aromatic carbocycles. The number of nitrogens with one attached hydrogen (secondary N) is 2. The Morgan fingerprint density at radius 1 is 1.44 bits per heavy atom. The third kappa shape index (κ3) is 2.66. The second-order valence-corrected chi connectivity index (χ2v) is 5.60. The monoisotopic (exact) mass is 242 g/mol. The van der Waals surface area contributed by atoms with E-state index >= 15 is 0 Å². The standard InChI is InChI=1S/C12H22N2OS/c1-2-10(7-15)13-12(16)14-11-6-8-3-4-9(11)5-8/h8-11,15H,2-7H2,1H3,(H2,13,14,16)/t8-,9-,10-,11-/m0/s1. The zero-order valence-electron chi connectivity index (χ0n) is 9.91. The number of fused-ring (bicyclic) bond motifs is 2. The predicted molar refractivity (Wildman–Crippen MR) is 69.3 cm³/mol. The molecule has 2 aliphatic carbocycles. The van der Waals surface area contributed by atoms with Crippen molar-refractivity contribution in [3.8, 4) is 0 Å². The summed E-state index contributed by atoms with van der Waals surface area (Å²) >= 11 is 5.28. The Labute approximate surface area is 103 Å². The van der Waals surface area contributed by atoms with Crippen LogP contribution < -0.4 is 10.6 Å². The summed E-state index contributed by atoms with van der Waals surface area (Å²) in [6, 6.07) is 0.675. The molecule has 0 aliphatic heterocycles. The van der Waals surface area contributed by atoms with Crippen LogP contribution in [0, 0.1) is 11.8 Å². The van der Waals surface area contributed by atoms with Gasteiger partial charge in [0.05, 0.1) is 12.6 Å². The first-order valence-corrected chi connectivity index (χ1v) is 6.81. The Bertz CT molecular complexity index is 255. The van der Waals surface area contributed by atoms with Gasteiger partial charge in [0.2, 0.25) is 0 Å². The molecule has 3 N–H and O–H groups in total. The minimum absolute atomic E-state index is 0.0959. The van der Waals surface area contributed by atoms with E-state index in [4.69, 9.17) is 17.3 Å². The number of thiocarbonyl (C=S) groups is 1. The minimum atomic E-state index is 0.0959. The topological polar surface area (TPSA) is 44.3 Å². The van der Waals surface area contributed by atoms with Crippen LogP contribution in [-0.2, 0) is 0 Å². The molecule has 2 saturated carbocycles. The van der Waals surface area contributed by atoms with Gasteiger partial charge in [-0.05, 0) is 49.7 Å². The van der Waals surface area contributed by atoms with Crippen molar-refractivity contribution in [1.82, 2.24) is 10.6 Å². The molecule has 2 rings (SSSR count). The SMILES string of the molecule is CC[C@@H](CO)NC(=S)N[C@H]1C[C@H]2CC[C@H]1C2. The van der Waals surface area contributed by atoms with Crippen LogP contribution in [0.1, 0.15) is 39.0 Å². The smallest absolute Gasteiger partial charge is 0.166 e. The quantitative estimate of drug-likeness (QED) is 0.652. The first-order valence-electron chi connectivity index (χ1n) is 6.40. The van der Waals surface area contributed by atoms with Gasteiger partial charge in [0, 0.05) is 6.04 Å². The molecule has 0 radical (unpaired) electrons. The zero-order valence-corrected chi connectivity index (χ0v) is 10.7. The van der Waals surface area contributed by atoms with Crippen molar-refractivity contribution < 1.29 is 5.11 Å². The maximum atomic E-state index is 9.09. The summed E-state index contributed by atoms with van der Waals surface area (Å²) < 4.78 is 0. The van der Waals surface area contributed by atoms with Crippen LogP contribution in [0.15, 0.2) is 0 Å². The Kier molecular flexibility index (Phi) is 4.03. The van der Waals surface area contributed by atoms with E-state index in [9.17, 15) is 0 Å². The highest BCUT2D eigenvalue weighted by molar-refractivity contribution is 7.80. The van der Waals surface area contributed by atoms with Crippen LogP contribution in [0.2, 0.25) is 0 Å². The molecule has 0 unspecified atom stereocenters. The molecular weight excluding hydrogens is 220 g/mol. The Morgan fingerprint density at radius 3 is 2.75 bits per heavy atom. The highest BCUT2D eigenvalue weighted by Crippen LogP contribution is 2.44. The summed E-state index contributed by atoms with van der Waals surface area (Å²) in [5, 5.41) is 16.4. The molecule has 4 atom stereocenters. The molecule has 92 valence electrons. The molecule has 0 aromatic heterocycles. The fraction of sp³-hybridized carbons (Fsp3) is 0.917. The normalized spacial score (nSPS) is 33.8. The lowest BCUT2D eigenvalue weighted by Crippen LogP contribution is -2.48. The number of hydrogen-bond acceptors (Lipinski definition) is 2. The van der Waals surface area contributed by atoms with Crippen molar-refractivity contribution in [3.05, 3.63) is 0 Å². The molecular formula is C12H22N2OS. The minimum Gasteiger partial charge on any atom is -0.394 e. The lowest BCUT2D eigenvalue weighted by atomic mass is 9.95. The van der Waals surface area contributed by atoms with Gasteiger partial charge in [-0.2, -0.15) is 0 Å². The molecule has 0 amide bonds. The molecule has 0 spiro atoms. The van der Waals surface area contributed by atoms with E-state index in [0.717, 1.165) is 23.4 Å². The maximum absolute atomic E-state index is 9.09. The van der Waals surface area contributed by atoms with Gasteiger partial charge in [0.15, 0.2) is 5.11 Å². The molecule has 4 heteroatoms. The van der Waals surface area contributed by atoms with Gasteiger partial charge in [-0.25, -0.2) is 0 Å². The van der Waals surface area contributed by atoms with Gasteiger partial charge < -0.3 is 15.7 Å². The van der Waals surface area contributed by atoms with Crippen molar-refractivity contribution >= 4 is 17.3 Å². The summed E-state index contributed by atoms with van der Waals surface area (Å²) in [7, 11) is 0. The van der Waals surface area contributed by atoms with E-state index in [1.165, 1.54) is 25.7 Å². The van der Waals surface area contributed by atoms with Crippen molar-refractivity contribution in [2.24, 2.45) is 11.8 Å². The third-order valence-electron chi connectivity index (χ3n) is 4.10. The van der Waals surface area contributed by atoms with E-state index in [2.05, 4.69) is 10.6 Å². The maximum Gasteiger partial charge on any atom is 0.166 e. The third-order valence-corrected chi connectivity index (χ3v) is 4.34. The lowest BCUT2D eigenvalue weighted by molar-refractivity contribution is 0.251. The van der Waals surface area contributed by atoms with E-state index in [1.54, 1.807) is 0 Å². The van der Waals surface area contributed by atoms with Crippen molar-refractivity contribution in [3.63, 3.8) is 0 Å². The zero-order chi connectivity index (χ0) is 11.5. The first-order chi connectivity index (χ1) is 7.72. The molecule has 2 bridgehead atoms. The van der Waals surface area contributed by atoms with Gasteiger partial charge in [-0.15, -0.1) is 0 Å².